The SMILES string of the molecule is O=C(NC(=S)Nc1ccccc1Br)c1cccc(OCCOc2ccccc2)c1. The topological polar surface area (TPSA) is 59.6 Å². The lowest BCUT2D eigenvalue weighted by atomic mass is 10.2. The van der Waals surface area contributed by atoms with Crippen LogP contribution >= 0.6 is 28.1 Å². The molecule has 0 aliphatic heterocycles. The molecule has 0 radical (unpaired) electrons. The molecule has 0 saturated heterocycles. The second-order valence-corrected chi connectivity index (χ2v) is 7.19. The lowest BCUT2D eigenvalue weighted by Gasteiger charge is -2.12. The number of rotatable bonds is 7. The second-order valence-electron chi connectivity index (χ2n) is 5.93. The van der Waals surface area contributed by atoms with Crippen molar-refractivity contribution in [2.24, 2.45) is 0 Å². The molecule has 0 unspecified atom stereocenters. The van der Waals surface area contributed by atoms with Crippen molar-refractivity contribution in [1.82, 2.24) is 5.32 Å². The van der Waals surface area contributed by atoms with Crippen LogP contribution in [0.4, 0.5) is 5.69 Å². The normalized spacial score (nSPS) is 10.1. The van der Waals surface area contributed by atoms with Gasteiger partial charge in [0.1, 0.15) is 24.7 Å². The van der Waals surface area contributed by atoms with E-state index in [-0.39, 0.29) is 11.0 Å². The van der Waals surface area contributed by atoms with Gasteiger partial charge in [-0.2, -0.15) is 0 Å². The summed E-state index contributed by atoms with van der Waals surface area (Å²) in [6.07, 6.45) is 0. The number of carbonyl (C=O) groups excluding carboxylic acids is 1. The number of thiocarbonyl (C=S) groups is 1. The van der Waals surface area contributed by atoms with Crippen molar-refractivity contribution in [2.75, 3.05) is 18.5 Å². The molecule has 3 rings (SSSR count). The summed E-state index contributed by atoms with van der Waals surface area (Å²) in [5.41, 5.74) is 1.22. The molecule has 3 aromatic carbocycles. The highest BCUT2D eigenvalue weighted by molar-refractivity contribution is 9.10. The molecule has 0 spiro atoms. The fourth-order valence-corrected chi connectivity index (χ4v) is 3.04. The van der Waals surface area contributed by atoms with Gasteiger partial charge in [0.25, 0.3) is 5.91 Å². The number of amides is 1. The van der Waals surface area contributed by atoms with Crippen molar-refractivity contribution in [2.45, 2.75) is 0 Å². The molecule has 0 heterocycles. The third-order valence-electron chi connectivity index (χ3n) is 3.81. The van der Waals surface area contributed by atoms with Crippen LogP contribution in [-0.4, -0.2) is 24.2 Å². The molecule has 0 aliphatic carbocycles. The van der Waals surface area contributed by atoms with E-state index in [0.717, 1.165) is 15.9 Å². The number of benzene rings is 3. The Bertz CT molecular complexity index is 983. The van der Waals surface area contributed by atoms with E-state index in [9.17, 15) is 4.79 Å². The lowest BCUT2D eigenvalue weighted by molar-refractivity contribution is 0.0977. The van der Waals surface area contributed by atoms with Gasteiger partial charge in [-0.25, -0.2) is 0 Å². The Hall–Kier alpha value is -2.90. The molecule has 5 nitrogen and oxygen atoms in total. The zero-order valence-corrected chi connectivity index (χ0v) is 17.8. The summed E-state index contributed by atoms with van der Waals surface area (Å²) in [6.45, 7) is 0.766. The molecule has 0 aromatic heterocycles. The summed E-state index contributed by atoms with van der Waals surface area (Å²) in [4.78, 5) is 12.5. The quantitative estimate of drug-likeness (QED) is 0.374. The molecule has 0 fully saturated rings. The van der Waals surface area contributed by atoms with Crippen molar-refractivity contribution in [3.63, 3.8) is 0 Å². The number of para-hydroxylation sites is 2. The molecule has 3 aromatic rings. The first-order valence-electron chi connectivity index (χ1n) is 8.89. The summed E-state index contributed by atoms with van der Waals surface area (Å²) >= 11 is 8.65. The first-order chi connectivity index (χ1) is 14.1. The van der Waals surface area contributed by atoms with Gasteiger partial charge in [0.15, 0.2) is 5.11 Å². The predicted octanol–water partition coefficient (Wildman–Crippen LogP) is 5.03. The molecule has 0 aliphatic rings. The van der Waals surface area contributed by atoms with Gasteiger partial charge in [-0.15, -0.1) is 0 Å². The number of nitrogens with one attached hydrogen (secondary N) is 2. The largest absolute Gasteiger partial charge is 0.490 e. The summed E-state index contributed by atoms with van der Waals surface area (Å²) in [5.74, 6) is 1.05. The molecule has 0 atom stereocenters. The summed E-state index contributed by atoms with van der Waals surface area (Å²) in [5, 5.41) is 5.87. The second kappa shape index (κ2) is 10.6. The summed E-state index contributed by atoms with van der Waals surface area (Å²) < 4.78 is 12.1. The van der Waals surface area contributed by atoms with Gasteiger partial charge < -0.3 is 14.8 Å². The summed E-state index contributed by atoms with van der Waals surface area (Å²) in [6, 6.07) is 23.9. The highest BCUT2D eigenvalue weighted by Crippen LogP contribution is 2.21. The van der Waals surface area contributed by atoms with Crippen LogP contribution in [0.2, 0.25) is 0 Å². The van der Waals surface area contributed by atoms with Crippen LogP contribution < -0.4 is 20.1 Å². The predicted molar refractivity (Wildman–Crippen MR) is 122 cm³/mol. The number of carbonyl (C=O) groups is 1. The van der Waals surface area contributed by atoms with Gasteiger partial charge >= 0.3 is 0 Å². The van der Waals surface area contributed by atoms with Gasteiger partial charge in [-0.3, -0.25) is 10.1 Å². The van der Waals surface area contributed by atoms with Crippen LogP contribution in [0.1, 0.15) is 10.4 Å². The Morgan fingerprint density at radius 1 is 0.862 bits per heavy atom. The van der Waals surface area contributed by atoms with E-state index in [1.807, 2.05) is 54.6 Å². The maximum Gasteiger partial charge on any atom is 0.257 e. The molecular formula is C22H19BrN2O3S. The first-order valence-corrected chi connectivity index (χ1v) is 10.1. The zero-order chi connectivity index (χ0) is 20.5. The number of ether oxygens (including phenoxy) is 2. The van der Waals surface area contributed by atoms with Crippen molar-refractivity contribution in [1.29, 1.82) is 0 Å². The fourth-order valence-electron chi connectivity index (χ4n) is 2.45. The van der Waals surface area contributed by atoms with Crippen molar-refractivity contribution in [3.05, 3.63) is 88.9 Å². The Balaban J connectivity index is 1.49. The number of halogens is 1. The standard InChI is InChI=1S/C22H19BrN2O3S/c23-19-11-4-5-12-20(19)24-22(29)25-21(26)16-7-6-10-18(15-16)28-14-13-27-17-8-2-1-3-9-17/h1-12,15H,13-14H2,(H2,24,25,26,29). The van der Waals surface area contributed by atoms with E-state index in [0.29, 0.717) is 24.5 Å². The van der Waals surface area contributed by atoms with Crippen LogP contribution in [0, 0.1) is 0 Å². The first kappa shape index (κ1) is 20.8. The monoisotopic (exact) mass is 470 g/mol. The molecule has 1 amide bonds. The Morgan fingerprint density at radius 3 is 2.28 bits per heavy atom. The summed E-state index contributed by atoms with van der Waals surface area (Å²) in [7, 11) is 0. The Labute approximate surface area is 183 Å². The Kier molecular flexibility index (Phi) is 7.61. The zero-order valence-electron chi connectivity index (χ0n) is 15.4. The van der Waals surface area contributed by atoms with Crippen LogP contribution in [0.15, 0.2) is 83.3 Å². The van der Waals surface area contributed by atoms with E-state index in [2.05, 4.69) is 26.6 Å². The molecule has 0 saturated carbocycles. The van der Waals surface area contributed by atoms with Crippen LogP contribution in [0.25, 0.3) is 0 Å². The average Bonchev–Trinajstić information content (AvgIpc) is 2.74. The van der Waals surface area contributed by atoms with Gasteiger partial charge in [0, 0.05) is 10.0 Å². The molecule has 148 valence electrons. The highest BCUT2D eigenvalue weighted by Gasteiger charge is 2.10. The maximum atomic E-state index is 12.5. The van der Waals surface area contributed by atoms with Crippen LogP contribution in [-0.2, 0) is 0 Å². The highest BCUT2D eigenvalue weighted by atomic mass is 79.9. The third-order valence-corrected chi connectivity index (χ3v) is 4.70. The van der Waals surface area contributed by atoms with E-state index >= 15 is 0 Å². The van der Waals surface area contributed by atoms with Crippen molar-refractivity contribution in [3.8, 4) is 11.5 Å². The van der Waals surface area contributed by atoms with Crippen molar-refractivity contribution < 1.29 is 14.3 Å². The average molecular weight is 471 g/mol. The van der Waals surface area contributed by atoms with Gasteiger partial charge in [-0.05, 0) is 70.6 Å². The smallest absolute Gasteiger partial charge is 0.257 e. The van der Waals surface area contributed by atoms with E-state index < -0.39 is 0 Å². The van der Waals surface area contributed by atoms with E-state index in [1.54, 1.807) is 24.3 Å². The molecule has 7 heteroatoms. The van der Waals surface area contributed by atoms with Crippen molar-refractivity contribution >= 4 is 44.9 Å². The maximum absolute atomic E-state index is 12.5. The Morgan fingerprint density at radius 2 is 1.52 bits per heavy atom. The van der Waals surface area contributed by atoms with Crippen LogP contribution in [0.3, 0.4) is 0 Å². The molecule has 2 N–H and O–H groups in total. The van der Waals surface area contributed by atoms with Crippen LogP contribution in [0.5, 0.6) is 11.5 Å². The number of hydrogen-bond donors (Lipinski definition) is 2. The lowest BCUT2D eigenvalue weighted by Crippen LogP contribution is -2.34. The molecule has 0 bridgehead atoms. The molecular weight excluding hydrogens is 452 g/mol. The third kappa shape index (κ3) is 6.58. The van der Waals surface area contributed by atoms with E-state index in [1.165, 1.54) is 0 Å². The molecule has 29 heavy (non-hydrogen) atoms. The fraction of sp³-hybridized carbons (Fsp3) is 0.0909. The van der Waals surface area contributed by atoms with Gasteiger partial charge in [-0.1, -0.05) is 36.4 Å². The van der Waals surface area contributed by atoms with E-state index in [4.69, 9.17) is 21.7 Å². The minimum absolute atomic E-state index is 0.212. The minimum Gasteiger partial charge on any atom is -0.490 e. The number of hydrogen-bond acceptors (Lipinski definition) is 4. The van der Waals surface area contributed by atoms with Gasteiger partial charge in [0.2, 0.25) is 0 Å². The number of anilines is 1. The minimum atomic E-state index is -0.319. The van der Waals surface area contributed by atoms with Gasteiger partial charge in [0.05, 0.1) is 5.69 Å².